The van der Waals surface area contributed by atoms with Crippen LogP contribution < -0.4 is 0 Å². The molecule has 0 saturated carbocycles. The van der Waals surface area contributed by atoms with E-state index in [-0.39, 0.29) is 31.9 Å². The molecule has 11 heteroatoms. The van der Waals surface area contributed by atoms with E-state index in [2.05, 4.69) is 18.1 Å². The number of hydrogen-bond acceptors (Lipinski definition) is 6. The third-order valence-corrected chi connectivity index (χ3v) is 3.22. The van der Waals surface area contributed by atoms with E-state index >= 15 is 0 Å². The Morgan fingerprint density at radius 2 is 0.933 bits per heavy atom. The van der Waals surface area contributed by atoms with E-state index in [1.54, 1.807) is 0 Å². The van der Waals surface area contributed by atoms with Crippen molar-refractivity contribution in [3.63, 3.8) is 0 Å². The number of rotatable bonds is 0. The lowest BCUT2D eigenvalue weighted by molar-refractivity contribution is 0.260. The van der Waals surface area contributed by atoms with Gasteiger partial charge in [0.2, 0.25) is 0 Å². The molecule has 92 valence electrons. The van der Waals surface area contributed by atoms with Crippen LogP contribution in [0.3, 0.4) is 0 Å². The molecule has 0 aromatic heterocycles. The van der Waals surface area contributed by atoms with Crippen LogP contribution in [-0.4, -0.2) is 41.7 Å². The summed E-state index contributed by atoms with van der Waals surface area (Å²) >= 11 is 0. The van der Waals surface area contributed by atoms with Crippen LogP contribution in [0.15, 0.2) is 0 Å². The largest absolute Gasteiger partial charge is 0.472 e. The Balaban J connectivity index is 0.000000245. The lowest BCUT2D eigenvalue weighted by Gasteiger charge is -1.94. The van der Waals surface area contributed by atoms with Crippen molar-refractivity contribution in [1.82, 2.24) is 0 Å². The van der Waals surface area contributed by atoms with Gasteiger partial charge in [0.15, 0.2) is 0 Å². The van der Waals surface area contributed by atoms with Gasteiger partial charge in [-0.2, -0.15) is 0 Å². The highest BCUT2D eigenvalue weighted by Crippen LogP contribution is 2.47. The first-order chi connectivity index (χ1) is 6.41. The van der Waals surface area contributed by atoms with Crippen molar-refractivity contribution in [3.05, 3.63) is 0 Å². The summed E-state index contributed by atoms with van der Waals surface area (Å²) in [6.07, 6.45) is 0. The predicted molar refractivity (Wildman–Crippen MR) is 47.1 cm³/mol. The summed E-state index contributed by atoms with van der Waals surface area (Å²) in [5.41, 5.74) is 0. The average Bonchev–Trinajstić information content (AvgIpc) is 2.60. The summed E-state index contributed by atoms with van der Waals surface area (Å²) in [7, 11) is -7.09. The van der Waals surface area contributed by atoms with Crippen LogP contribution in [0, 0.1) is 0 Å². The quantitative estimate of drug-likeness (QED) is 0.555. The first-order valence-corrected chi connectivity index (χ1v) is 6.64. The lowest BCUT2D eigenvalue weighted by Crippen LogP contribution is -1.79. The Hall–Kier alpha value is 0.180. The maximum absolute atomic E-state index is 10.1. The lowest BCUT2D eigenvalue weighted by atomic mass is 10.8. The zero-order chi connectivity index (χ0) is 10.7. The van der Waals surface area contributed by atoms with Crippen molar-refractivity contribution in [2.45, 2.75) is 0 Å². The Kier molecular flexibility index (Phi) is 6.12. The van der Waals surface area contributed by atoms with Gasteiger partial charge in [0, 0.05) is 0 Å². The molecule has 0 amide bonds. The van der Waals surface area contributed by atoms with Crippen molar-refractivity contribution in [3.8, 4) is 0 Å². The first kappa shape index (κ1) is 15.2. The second-order valence-electron chi connectivity index (χ2n) is 2.27. The van der Waals surface area contributed by atoms with Gasteiger partial charge in [-0.15, -0.1) is 0 Å². The number of phosphoric acid groups is 2. The monoisotopic (exact) mass is 266 g/mol. The van der Waals surface area contributed by atoms with Crippen LogP contribution in [0.25, 0.3) is 0 Å². The Bertz CT molecular complexity index is 229. The molecule has 0 radical (unpaired) electrons. The molecule has 0 aromatic carbocycles. The summed E-state index contributed by atoms with van der Waals surface area (Å²) in [6, 6.07) is 0. The molecular weight excluding hydrogens is 254 g/mol. The smallest absolute Gasteiger partial charge is 0.412 e. The number of phosphoric ester groups is 2. The highest BCUT2D eigenvalue weighted by molar-refractivity contribution is 7.47. The maximum atomic E-state index is 10.1. The van der Waals surface area contributed by atoms with Gasteiger partial charge in [-0.25, -0.2) is 9.13 Å². The van der Waals surface area contributed by atoms with Crippen molar-refractivity contribution in [2.75, 3.05) is 26.4 Å². The summed E-state index contributed by atoms with van der Waals surface area (Å²) in [5.74, 6) is 0. The molecule has 2 saturated heterocycles. The second-order valence-corrected chi connectivity index (χ2v) is 5.18. The molecular formula is C4H12O9P2. The standard InChI is InChI=1S/2C2H5O4P.H2O/c2*3-7(4)5-1-2-6-7;/h2*1-2H2,(H,3,4);1H2. The third kappa shape index (κ3) is 6.36. The van der Waals surface area contributed by atoms with Crippen LogP contribution in [-0.2, 0) is 27.2 Å². The van der Waals surface area contributed by atoms with Gasteiger partial charge in [-0.1, -0.05) is 0 Å². The fourth-order valence-corrected chi connectivity index (χ4v) is 2.06. The molecule has 0 bridgehead atoms. The van der Waals surface area contributed by atoms with E-state index < -0.39 is 15.6 Å². The normalized spacial score (nSPS) is 26.3. The zero-order valence-electron chi connectivity index (χ0n) is 7.57. The van der Waals surface area contributed by atoms with Crippen LogP contribution in [0.2, 0.25) is 0 Å². The van der Waals surface area contributed by atoms with Gasteiger partial charge >= 0.3 is 15.6 Å². The number of hydrogen-bond donors (Lipinski definition) is 2. The topological polar surface area (TPSA) is 143 Å². The highest BCUT2D eigenvalue weighted by atomic mass is 31.2. The van der Waals surface area contributed by atoms with Gasteiger partial charge < -0.3 is 15.3 Å². The van der Waals surface area contributed by atoms with Crippen molar-refractivity contribution >= 4 is 15.6 Å². The Labute approximate surface area is 85.5 Å². The SMILES string of the molecule is O.O=P1(O)OCCO1.O=P1(O)OCCO1. The van der Waals surface area contributed by atoms with Gasteiger partial charge in [-0.3, -0.25) is 18.1 Å². The fourth-order valence-electron chi connectivity index (χ4n) is 0.685. The molecule has 2 aliphatic heterocycles. The summed E-state index contributed by atoms with van der Waals surface area (Å²) in [4.78, 5) is 16.6. The van der Waals surface area contributed by atoms with Gasteiger partial charge in [0.25, 0.3) is 0 Å². The molecule has 2 rings (SSSR count). The molecule has 2 aliphatic rings. The molecule has 15 heavy (non-hydrogen) atoms. The van der Waals surface area contributed by atoms with E-state index in [9.17, 15) is 9.13 Å². The van der Waals surface area contributed by atoms with Crippen molar-refractivity contribution < 1.29 is 42.5 Å². The van der Waals surface area contributed by atoms with Gasteiger partial charge in [0.1, 0.15) is 0 Å². The van der Waals surface area contributed by atoms with E-state index in [1.165, 1.54) is 0 Å². The summed E-state index contributed by atoms with van der Waals surface area (Å²) in [5, 5.41) is 0. The summed E-state index contributed by atoms with van der Waals surface area (Å²) in [6.45, 7) is 0.920. The minimum Gasteiger partial charge on any atom is -0.412 e. The van der Waals surface area contributed by atoms with E-state index in [0.717, 1.165) is 0 Å². The van der Waals surface area contributed by atoms with E-state index in [1.807, 2.05) is 0 Å². The van der Waals surface area contributed by atoms with E-state index in [0.29, 0.717) is 0 Å². The predicted octanol–water partition coefficient (Wildman–Crippen LogP) is -0.558. The Morgan fingerprint density at radius 1 is 0.733 bits per heavy atom. The highest BCUT2D eigenvalue weighted by Gasteiger charge is 2.26. The second kappa shape index (κ2) is 6.05. The maximum Gasteiger partial charge on any atom is 0.472 e. The molecule has 0 aromatic rings. The molecule has 0 spiro atoms. The minimum atomic E-state index is -3.54. The van der Waals surface area contributed by atoms with Crippen molar-refractivity contribution in [2.24, 2.45) is 0 Å². The Morgan fingerprint density at radius 3 is 1.00 bits per heavy atom. The first-order valence-electron chi connectivity index (χ1n) is 3.65. The molecule has 2 heterocycles. The van der Waals surface area contributed by atoms with E-state index in [4.69, 9.17) is 9.79 Å². The fraction of sp³-hybridized carbons (Fsp3) is 1.00. The third-order valence-electron chi connectivity index (χ3n) is 1.18. The minimum absolute atomic E-state index is 0. The van der Waals surface area contributed by atoms with Crippen molar-refractivity contribution in [1.29, 1.82) is 0 Å². The van der Waals surface area contributed by atoms with Crippen LogP contribution in [0.5, 0.6) is 0 Å². The van der Waals surface area contributed by atoms with Gasteiger partial charge in [-0.05, 0) is 0 Å². The van der Waals surface area contributed by atoms with Crippen LogP contribution in [0.1, 0.15) is 0 Å². The zero-order valence-corrected chi connectivity index (χ0v) is 9.36. The summed E-state index contributed by atoms with van der Waals surface area (Å²) < 4.78 is 37.2. The van der Waals surface area contributed by atoms with Crippen LogP contribution >= 0.6 is 15.6 Å². The molecule has 0 unspecified atom stereocenters. The molecule has 0 aliphatic carbocycles. The van der Waals surface area contributed by atoms with Gasteiger partial charge in [0.05, 0.1) is 26.4 Å². The average molecular weight is 266 g/mol. The van der Waals surface area contributed by atoms with Crippen LogP contribution in [0.4, 0.5) is 0 Å². The molecule has 9 nitrogen and oxygen atoms in total. The molecule has 4 N–H and O–H groups in total. The molecule has 2 fully saturated rings. The molecule has 0 atom stereocenters.